The van der Waals surface area contributed by atoms with Crippen molar-refractivity contribution in [2.45, 2.75) is 38.8 Å². The van der Waals surface area contributed by atoms with Crippen molar-refractivity contribution in [3.05, 3.63) is 35.6 Å². The van der Waals surface area contributed by atoms with Crippen LogP contribution in [0.25, 0.3) is 0 Å². The van der Waals surface area contributed by atoms with E-state index in [1.807, 2.05) is 19.1 Å². The van der Waals surface area contributed by atoms with Crippen LogP contribution in [0, 0.1) is 11.7 Å². The molecule has 5 heteroatoms. The van der Waals surface area contributed by atoms with Crippen LogP contribution < -0.4 is 5.32 Å². The Kier molecular flexibility index (Phi) is 6.34. The molecule has 2 unspecified atom stereocenters. The second-order valence-corrected chi connectivity index (χ2v) is 6.05. The molecule has 1 aliphatic rings. The molecule has 0 aliphatic carbocycles. The zero-order valence-electron chi connectivity index (χ0n) is 13.1. The van der Waals surface area contributed by atoms with Gasteiger partial charge in [0, 0.05) is 13.1 Å². The van der Waals surface area contributed by atoms with Gasteiger partial charge in [-0.25, -0.2) is 4.39 Å². The van der Waals surface area contributed by atoms with E-state index >= 15 is 0 Å². The Labute approximate surface area is 131 Å². The third-order valence-corrected chi connectivity index (χ3v) is 4.24. The van der Waals surface area contributed by atoms with E-state index in [-0.39, 0.29) is 5.82 Å². The largest absolute Gasteiger partial charge is 0.480 e. The number of piperidine rings is 1. The highest BCUT2D eigenvalue weighted by Gasteiger charge is 2.26. The van der Waals surface area contributed by atoms with Crippen LogP contribution in [0.15, 0.2) is 24.3 Å². The number of hydrogen-bond donors (Lipinski definition) is 2. The molecule has 0 spiro atoms. The lowest BCUT2D eigenvalue weighted by Gasteiger charge is -2.34. The van der Waals surface area contributed by atoms with Gasteiger partial charge in [0.05, 0.1) is 0 Å². The van der Waals surface area contributed by atoms with Crippen LogP contribution >= 0.6 is 0 Å². The Morgan fingerprint density at radius 3 is 2.82 bits per heavy atom. The van der Waals surface area contributed by atoms with Gasteiger partial charge < -0.3 is 10.4 Å². The number of carboxylic acid groups (broad SMARTS) is 1. The van der Waals surface area contributed by atoms with Gasteiger partial charge in [-0.3, -0.25) is 9.69 Å². The number of nitrogens with zero attached hydrogens (tertiary/aromatic N) is 1. The van der Waals surface area contributed by atoms with Crippen LogP contribution in [0.3, 0.4) is 0 Å². The number of rotatable bonds is 7. The smallest absolute Gasteiger partial charge is 0.320 e. The first-order valence-corrected chi connectivity index (χ1v) is 8.01. The molecular weight excluding hydrogens is 283 g/mol. The van der Waals surface area contributed by atoms with Gasteiger partial charge in [0.2, 0.25) is 0 Å². The zero-order chi connectivity index (χ0) is 15.9. The van der Waals surface area contributed by atoms with Gasteiger partial charge in [0.25, 0.3) is 0 Å². The van der Waals surface area contributed by atoms with Gasteiger partial charge in [0.1, 0.15) is 11.9 Å². The van der Waals surface area contributed by atoms with Crippen LogP contribution in [0.2, 0.25) is 0 Å². The molecule has 1 saturated heterocycles. The fourth-order valence-corrected chi connectivity index (χ4v) is 3.19. The maximum atomic E-state index is 12.9. The SMILES string of the molecule is CCNC(CC1CCCN(Cc2ccc(F)cc2)C1)C(=O)O. The van der Waals surface area contributed by atoms with Crippen molar-refractivity contribution < 1.29 is 14.3 Å². The minimum Gasteiger partial charge on any atom is -0.480 e. The fourth-order valence-electron chi connectivity index (χ4n) is 3.19. The van der Waals surface area contributed by atoms with Crippen LogP contribution in [0.1, 0.15) is 31.7 Å². The molecule has 122 valence electrons. The molecule has 0 bridgehead atoms. The van der Waals surface area contributed by atoms with E-state index in [4.69, 9.17) is 0 Å². The Hall–Kier alpha value is -1.46. The molecule has 2 rings (SSSR count). The van der Waals surface area contributed by atoms with Crippen molar-refractivity contribution in [3.8, 4) is 0 Å². The van der Waals surface area contributed by atoms with Gasteiger partial charge in [-0.2, -0.15) is 0 Å². The Balaban J connectivity index is 1.88. The van der Waals surface area contributed by atoms with Crippen LogP contribution in [0.5, 0.6) is 0 Å². The maximum Gasteiger partial charge on any atom is 0.320 e. The molecule has 1 heterocycles. The number of carbonyl (C=O) groups is 1. The molecule has 22 heavy (non-hydrogen) atoms. The van der Waals surface area contributed by atoms with E-state index in [1.165, 1.54) is 12.1 Å². The van der Waals surface area contributed by atoms with E-state index in [0.717, 1.165) is 38.0 Å². The first-order chi connectivity index (χ1) is 10.6. The number of benzene rings is 1. The van der Waals surface area contributed by atoms with Crippen molar-refractivity contribution in [1.82, 2.24) is 10.2 Å². The summed E-state index contributed by atoms with van der Waals surface area (Å²) in [6.07, 6.45) is 2.84. The molecule has 4 nitrogen and oxygen atoms in total. The predicted molar refractivity (Wildman–Crippen MR) is 84.1 cm³/mol. The van der Waals surface area contributed by atoms with Gasteiger partial charge in [0.15, 0.2) is 0 Å². The van der Waals surface area contributed by atoms with E-state index < -0.39 is 12.0 Å². The molecule has 0 aromatic heterocycles. The number of likely N-dealkylation sites (N-methyl/N-ethyl adjacent to an activating group) is 1. The van der Waals surface area contributed by atoms with Crippen LogP contribution in [0.4, 0.5) is 4.39 Å². The van der Waals surface area contributed by atoms with Crippen molar-refractivity contribution in [2.24, 2.45) is 5.92 Å². The summed E-state index contributed by atoms with van der Waals surface area (Å²) in [5.41, 5.74) is 1.10. The van der Waals surface area contributed by atoms with Crippen molar-refractivity contribution in [1.29, 1.82) is 0 Å². The highest BCUT2D eigenvalue weighted by atomic mass is 19.1. The van der Waals surface area contributed by atoms with E-state index in [1.54, 1.807) is 0 Å². The average molecular weight is 308 g/mol. The summed E-state index contributed by atoms with van der Waals surface area (Å²) in [6.45, 7) is 5.33. The summed E-state index contributed by atoms with van der Waals surface area (Å²) in [5.74, 6) is -0.581. The van der Waals surface area contributed by atoms with Gasteiger partial charge in [-0.05, 0) is 56.0 Å². The highest BCUT2D eigenvalue weighted by molar-refractivity contribution is 5.73. The number of hydrogen-bond acceptors (Lipinski definition) is 3. The summed E-state index contributed by atoms with van der Waals surface area (Å²) >= 11 is 0. The molecule has 1 fully saturated rings. The van der Waals surface area contributed by atoms with E-state index in [2.05, 4.69) is 10.2 Å². The maximum absolute atomic E-state index is 12.9. The molecule has 2 atom stereocenters. The Bertz CT molecular complexity index is 478. The first-order valence-electron chi connectivity index (χ1n) is 8.01. The standard InChI is InChI=1S/C17H25FN2O2/c1-2-19-16(17(21)22)10-14-4-3-9-20(12-14)11-13-5-7-15(18)8-6-13/h5-8,14,16,19H,2-4,9-12H2,1H3,(H,21,22). The quantitative estimate of drug-likeness (QED) is 0.812. The summed E-state index contributed by atoms with van der Waals surface area (Å²) in [5, 5.41) is 12.3. The van der Waals surface area contributed by atoms with Crippen molar-refractivity contribution >= 4 is 5.97 Å². The van der Waals surface area contributed by atoms with Gasteiger partial charge in [-0.15, -0.1) is 0 Å². The van der Waals surface area contributed by atoms with E-state index in [0.29, 0.717) is 18.9 Å². The number of likely N-dealkylation sites (tertiary alicyclic amines) is 1. The molecular formula is C17H25FN2O2. The lowest BCUT2D eigenvalue weighted by Crippen LogP contribution is -2.42. The topological polar surface area (TPSA) is 52.6 Å². The molecule has 2 N–H and O–H groups in total. The molecule has 1 aliphatic heterocycles. The number of nitrogens with one attached hydrogen (secondary N) is 1. The minimum atomic E-state index is -0.766. The van der Waals surface area contributed by atoms with Crippen LogP contribution in [-0.4, -0.2) is 41.7 Å². The Morgan fingerprint density at radius 2 is 2.18 bits per heavy atom. The predicted octanol–water partition coefficient (Wildman–Crippen LogP) is 2.49. The molecule has 0 saturated carbocycles. The van der Waals surface area contributed by atoms with Crippen molar-refractivity contribution in [3.63, 3.8) is 0 Å². The van der Waals surface area contributed by atoms with Gasteiger partial charge >= 0.3 is 5.97 Å². The summed E-state index contributed by atoms with van der Waals surface area (Å²) in [7, 11) is 0. The second kappa shape index (κ2) is 8.25. The van der Waals surface area contributed by atoms with Crippen molar-refractivity contribution in [2.75, 3.05) is 19.6 Å². The number of aliphatic carboxylic acids is 1. The number of carboxylic acids is 1. The van der Waals surface area contributed by atoms with E-state index in [9.17, 15) is 14.3 Å². The third-order valence-electron chi connectivity index (χ3n) is 4.24. The third kappa shape index (κ3) is 5.07. The molecule has 0 amide bonds. The monoisotopic (exact) mass is 308 g/mol. The van der Waals surface area contributed by atoms with Crippen LogP contribution in [-0.2, 0) is 11.3 Å². The summed E-state index contributed by atoms with van der Waals surface area (Å²) in [4.78, 5) is 13.6. The lowest BCUT2D eigenvalue weighted by atomic mass is 9.91. The first kappa shape index (κ1) is 16.9. The average Bonchev–Trinajstić information content (AvgIpc) is 2.49. The van der Waals surface area contributed by atoms with Gasteiger partial charge in [-0.1, -0.05) is 19.1 Å². The normalized spacial score (nSPS) is 20.7. The second-order valence-electron chi connectivity index (χ2n) is 6.05. The fraction of sp³-hybridized carbons (Fsp3) is 0.588. The summed E-state index contributed by atoms with van der Waals surface area (Å²) < 4.78 is 12.9. The minimum absolute atomic E-state index is 0.213. The summed E-state index contributed by atoms with van der Waals surface area (Å²) in [6, 6.07) is 6.15. The number of halogens is 1. The Morgan fingerprint density at radius 1 is 1.45 bits per heavy atom. The zero-order valence-corrected chi connectivity index (χ0v) is 13.1. The highest BCUT2D eigenvalue weighted by Crippen LogP contribution is 2.22. The molecule has 1 aromatic carbocycles. The lowest BCUT2D eigenvalue weighted by molar-refractivity contribution is -0.140. The molecule has 0 radical (unpaired) electrons. The molecule has 1 aromatic rings.